The third-order valence-corrected chi connectivity index (χ3v) is 5.19. The van der Waals surface area contributed by atoms with Crippen LogP contribution >= 0.6 is 27.4 Å². The minimum absolute atomic E-state index is 0.861. The highest BCUT2D eigenvalue weighted by atomic mass is 31.0. The molecular formula is H6B3P3. The van der Waals surface area contributed by atoms with E-state index in [-0.39, 0.29) is 0 Å². The van der Waals surface area contributed by atoms with Crippen molar-refractivity contribution in [1.82, 2.24) is 0 Å². The van der Waals surface area contributed by atoms with Crippen LogP contribution < -0.4 is 0 Å². The van der Waals surface area contributed by atoms with Crippen LogP contribution in [0.15, 0.2) is 0 Å². The summed E-state index contributed by atoms with van der Waals surface area (Å²) in [6.45, 7) is 0. The largest absolute Gasteiger partial charge is 0.187 e. The van der Waals surface area contributed by atoms with Crippen molar-refractivity contribution >= 4 is 46.0 Å². The average Bonchev–Trinajstić information content (AvgIpc) is 1.94. The molecule has 3 unspecified atom stereocenters. The fraction of sp³-hybridized carbons (Fsp3) is 0. The summed E-state index contributed by atoms with van der Waals surface area (Å²) < 4.78 is 0. The minimum atomic E-state index is 0.861. The molecule has 1 aliphatic heterocycles. The standard InChI is InChI=1S/B3H6P3/c4-1-2(5)3(1)6/h4-6H2. The third kappa shape index (κ3) is 0.836. The third-order valence-electron chi connectivity index (χ3n) is 1.19. The van der Waals surface area contributed by atoms with Gasteiger partial charge in [-0.25, -0.2) is 0 Å². The minimum Gasteiger partial charge on any atom is -0.187 e. The van der Waals surface area contributed by atoms with E-state index in [9.17, 15) is 0 Å². The Bertz CT molecular complexity index is 42.8. The van der Waals surface area contributed by atoms with E-state index < -0.39 is 0 Å². The summed E-state index contributed by atoms with van der Waals surface area (Å²) in [5, 5.41) is 0. The van der Waals surface area contributed by atoms with Crippen molar-refractivity contribution in [2.45, 2.75) is 0 Å². The molecule has 0 aliphatic carbocycles. The van der Waals surface area contributed by atoms with E-state index >= 15 is 0 Å². The lowest BCUT2D eigenvalue weighted by Gasteiger charge is -1.60. The Morgan fingerprint density at radius 3 is 0.833 bits per heavy atom. The maximum atomic E-state index is 2.81. The van der Waals surface area contributed by atoms with Gasteiger partial charge in [0.25, 0.3) is 0 Å². The van der Waals surface area contributed by atoms with Crippen LogP contribution in [0.5, 0.6) is 0 Å². The average molecular weight is 131 g/mol. The van der Waals surface area contributed by atoms with Gasteiger partial charge in [0, 0.05) is 0 Å². The van der Waals surface area contributed by atoms with Gasteiger partial charge in [0.1, 0.15) is 0 Å². The van der Waals surface area contributed by atoms with Gasteiger partial charge in [-0.15, -0.1) is 0 Å². The molecule has 3 atom stereocenters. The smallest absolute Gasteiger partial charge is 0.0996 e. The first kappa shape index (κ1) is 5.62. The Kier molecular flexibility index (Phi) is 1.66. The van der Waals surface area contributed by atoms with Gasteiger partial charge in [0.15, 0.2) is 0 Å². The maximum Gasteiger partial charge on any atom is 0.0996 e. The lowest BCUT2D eigenvalue weighted by Crippen LogP contribution is -1.76. The predicted molar refractivity (Wildman–Crippen MR) is 46.4 cm³/mol. The molecule has 0 aromatic carbocycles. The summed E-state index contributed by atoms with van der Waals surface area (Å²) >= 11 is 0. The lowest BCUT2D eigenvalue weighted by atomic mass is 9.76. The molecule has 1 aliphatic rings. The van der Waals surface area contributed by atoms with Gasteiger partial charge in [0.2, 0.25) is 0 Å². The Balaban J connectivity index is 2.31. The maximum absolute atomic E-state index is 2.81. The lowest BCUT2D eigenvalue weighted by molar-refractivity contribution is 4.36. The van der Waals surface area contributed by atoms with E-state index in [2.05, 4.69) is 27.4 Å². The Labute approximate surface area is 46.6 Å². The van der Waals surface area contributed by atoms with E-state index in [1.165, 1.54) is 0 Å². The normalized spacial score (nSPS) is 19.5. The Hall–Kier alpha value is 1.48. The first-order valence-electron chi connectivity index (χ1n) is 2.00. The predicted octanol–water partition coefficient (Wildman–Crippen LogP) is -0.165. The number of hydrogen-bond donors (Lipinski definition) is 0. The van der Waals surface area contributed by atoms with Crippen molar-refractivity contribution in [2.75, 3.05) is 0 Å². The molecule has 1 saturated heterocycles. The van der Waals surface area contributed by atoms with E-state index in [1.54, 1.807) is 0 Å². The molecule has 0 aromatic heterocycles. The van der Waals surface area contributed by atoms with E-state index in [1.807, 2.05) is 0 Å². The quantitative estimate of drug-likeness (QED) is 0.316. The van der Waals surface area contributed by atoms with Gasteiger partial charge in [-0.3, -0.25) is 0 Å². The van der Waals surface area contributed by atoms with Gasteiger partial charge in [-0.2, -0.15) is 27.4 Å². The van der Waals surface area contributed by atoms with Crippen LogP contribution in [0.3, 0.4) is 0 Å². The van der Waals surface area contributed by atoms with Crippen LogP contribution in [0.2, 0.25) is 0 Å². The highest BCUT2D eigenvalue weighted by Crippen LogP contribution is 2.31. The second-order valence-corrected chi connectivity index (χ2v) is 4.04. The highest BCUT2D eigenvalue weighted by molar-refractivity contribution is 8.42. The van der Waals surface area contributed by atoms with Crippen molar-refractivity contribution in [1.29, 1.82) is 0 Å². The van der Waals surface area contributed by atoms with Crippen molar-refractivity contribution in [3.63, 3.8) is 0 Å². The highest BCUT2D eigenvalue weighted by Gasteiger charge is 2.48. The van der Waals surface area contributed by atoms with Crippen LogP contribution in [0.1, 0.15) is 0 Å². The molecule has 0 saturated carbocycles. The van der Waals surface area contributed by atoms with E-state index in [0.29, 0.717) is 0 Å². The zero-order chi connectivity index (χ0) is 4.73. The summed E-state index contributed by atoms with van der Waals surface area (Å²) in [7, 11) is 8.42. The first-order valence-corrected chi connectivity index (χ1v) is 4.00. The zero-order valence-electron chi connectivity index (χ0n) is 3.46. The van der Waals surface area contributed by atoms with Crippen LogP contribution in [0.25, 0.3) is 0 Å². The van der Waals surface area contributed by atoms with Gasteiger partial charge in [-0.05, 0) is 0 Å². The van der Waals surface area contributed by atoms with Crippen molar-refractivity contribution in [2.24, 2.45) is 0 Å². The topological polar surface area (TPSA) is 0 Å². The Morgan fingerprint density at radius 2 is 0.833 bits per heavy atom. The molecule has 0 aromatic rings. The summed E-state index contributed by atoms with van der Waals surface area (Å²) in [6.07, 6.45) is 2.58. The molecule has 6 heteroatoms. The SMILES string of the molecule is PB1B(P)B1P. The molecule has 1 heterocycles. The van der Waals surface area contributed by atoms with Crippen molar-refractivity contribution in [3.8, 4) is 0 Å². The number of rotatable bonds is 0. The van der Waals surface area contributed by atoms with Crippen molar-refractivity contribution < 1.29 is 0 Å². The van der Waals surface area contributed by atoms with E-state index in [4.69, 9.17) is 0 Å². The van der Waals surface area contributed by atoms with Crippen LogP contribution in [-0.2, 0) is 0 Å². The zero-order valence-corrected chi connectivity index (χ0v) is 6.93. The fourth-order valence-corrected chi connectivity index (χ4v) is 2.31. The molecule has 0 amide bonds. The van der Waals surface area contributed by atoms with Gasteiger partial charge >= 0.3 is 0 Å². The first-order chi connectivity index (χ1) is 2.73. The fourth-order valence-electron chi connectivity index (χ4n) is 0.385. The summed E-state index contributed by atoms with van der Waals surface area (Å²) in [5.74, 6) is 0. The molecule has 0 radical (unpaired) electrons. The molecule has 30 valence electrons. The van der Waals surface area contributed by atoms with Gasteiger partial charge < -0.3 is 0 Å². The summed E-state index contributed by atoms with van der Waals surface area (Å²) in [6, 6.07) is 0. The van der Waals surface area contributed by atoms with Gasteiger partial charge in [0.05, 0.1) is 18.6 Å². The van der Waals surface area contributed by atoms with E-state index in [0.717, 1.165) is 18.6 Å². The second-order valence-electron chi connectivity index (χ2n) is 1.73. The molecule has 1 rings (SSSR count). The van der Waals surface area contributed by atoms with Gasteiger partial charge in [-0.1, -0.05) is 0 Å². The van der Waals surface area contributed by atoms with Crippen LogP contribution in [0.4, 0.5) is 0 Å². The van der Waals surface area contributed by atoms with Crippen LogP contribution in [0, 0.1) is 0 Å². The molecule has 6 heavy (non-hydrogen) atoms. The molecule has 0 bridgehead atoms. The number of hydrogen-bond acceptors (Lipinski definition) is 0. The molecule has 0 N–H and O–H groups in total. The van der Waals surface area contributed by atoms with Crippen molar-refractivity contribution in [3.05, 3.63) is 0 Å². The second kappa shape index (κ2) is 1.77. The molecule has 0 nitrogen and oxygen atoms in total. The molecular weight excluding hydrogens is 125 g/mol. The monoisotopic (exact) mass is 132 g/mol. The Morgan fingerprint density at radius 1 is 0.667 bits per heavy atom. The summed E-state index contributed by atoms with van der Waals surface area (Å²) in [5.41, 5.74) is 0. The molecule has 1 fully saturated rings. The molecule has 0 spiro atoms. The van der Waals surface area contributed by atoms with Crippen LogP contribution in [-0.4, -0.2) is 18.6 Å². The summed E-state index contributed by atoms with van der Waals surface area (Å²) in [4.78, 5) is 0.